The molecule has 0 saturated heterocycles. The first-order valence-corrected chi connectivity index (χ1v) is 4.84. The second-order valence-corrected chi connectivity index (χ2v) is 4.29. The quantitative estimate of drug-likeness (QED) is 0.661. The fraction of sp³-hybridized carbons (Fsp3) is 0.667. The van der Waals surface area contributed by atoms with Gasteiger partial charge in [0.25, 0.3) is 0 Å². The average Bonchev–Trinajstić information content (AvgIpc) is 2.32. The lowest BCUT2D eigenvalue weighted by molar-refractivity contribution is 0.808. The zero-order valence-corrected chi connectivity index (χ0v) is 8.40. The molecule has 0 N–H and O–H groups in total. The molecular formula is C9H15NS. The third-order valence-corrected chi connectivity index (χ3v) is 2.89. The first-order valence-electron chi connectivity index (χ1n) is 4.07. The smallest absolute Gasteiger partial charge is 0.0444 e. The van der Waals surface area contributed by atoms with Crippen LogP contribution in [0.3, 0.4) is 0 Å². The Morgan fingerprint density at radius 1 is 1.18 bits per heavy atom. The van der Waals surface area contributed by atoms with Crippen molar-refractivity contribution in [2.24, 2.45) is 0 Å². The molecule has 0 unspecified atom stereocenters. The number of nitrogens with zero attached hydrogens (tertiary/aromatic N) is 1. The highest BCUT2D eigenvalue weighted by Gasteiger charge is 2.11. The molecule has 62 valence electrons. The van der Waals surface area contributed by atoms with Crippen LogP contribution in [-0.4, -0.2) is 4.37 Å². The molecule has 2 heteroatoms. The summed E-state index contributed by atoms with van der Waals surface area (Å²) in [5.74, 6) is 1.24. The molecule has 0 aliphatic rings. The highest BCUT2D eigenvalue weighted by molar-refractivity contribution is 7.06. The van der Waals surface area contributed by atoms with Crippen LogP contribution >= 0.6 is 11.5 Å². The summed E-state index contributed by atoms with van der Waals surface area (Å²) >= 11 is 1.64. The molecule has 0 bridgehead atoms. The van der Waals surface area contributed by atoms with Crippen LogP contribution < -0.4 is 0 Å². The molecule has 1 rings (SSSR count). The van der Waals surface area contributed by atoms with E-state index in [0.717, 1.165) is 0 Å². The van der Waals surface area contributed by atoms with Crippen LogP contribution in [0.5, 0.6) is 0 Å². The van der Waals surface area contributed by atoms with Gasteiger partial charge < -0.3 is 0 Å². The summed E-state index contributed by atoms with van der Waals surface area (Å²) in [6.45, 7) is 8.88. The van der Waals surface area contributed by atoms with Crippen molar-refractivity contribution in [1.29, 1.82) is 0 Å². The maximum absolute atomic E-state index is 4.21. The minimum atomic E-state index is 0.617. The number of aromatic nitrogens is 1. The van der Waals surface area contributed by atoms with E-state index in [2.05, 4.69) is 32.1 Å². The summed E-state index contributed by atoms with van der Waals surface area (Å²) in [7, 11) is 0. The second-order valence-electron chi connectivity index (χ2n) is 3.45. The average molecular weight is 169 g/mol. The highest BCUT2D eigenvalue weighted by atomic mass is 32.1. The van der Waals surface area contributed by atoms with Gasteiger partial charge in [-0.1, -0.05) is 27.7 Å². The first-order chi connectivity index (χ1) is 5.13. The van der Waals surface area contributed by atoms with Gasteiger partial charge in [-0.05, 0) is 28.9 Å². The summed E-state index contributed by atoms with van der Waals surface area (Å²) in [6, 6.07) is 0. The van der Waals surface area contributed by atoms with Gasteiger partial charge in [0, 0.05) is 11.1 Å². The van der Waals surface area contributed by atoms with Gasteiger partial charge in [-0.2, -0.15) is 0 Å². The Bertz CT molecular complexity index is 203. The van der Waals surface area contributed by atoms with Gasteiger partial charge in [-0.15, -0.1) is 0 Å². The normalized spacial score (nSPS) is 11.5. The number of hydrogen-bond acceptors (Lipinski definition) is 2. The van der Waals surface area contributed by atoms with Gasteiger partial charge in [-0.25, -0.2) is 4.37 Å². The van der Waals surface area contributed by atoms with Crippen molar-refractivity contribution >= 4 is 11.5 Å². The van der Waals surface area contributed by atoms with Gasteiger partial charge in [0.1, 0.15) is 0 Å². The van der Waals surface area contributed by atoms with Gasteiger partial charge >= 0.3 is 0 Å². The monoisotopic (exact) mass is 169 g/mol. The van der Waals surface area contributed by atoms with Crippen LogP contribution in [0.2, 0.25) is 0 Å². The van der Waals surface area contributed by atoms with Gasteiger partial charge in [0.15, 0.2) is 0 Å². The van der Waals surface area contributed by atoms with Crippen molar-refractivity contribution in [1.82, 2.24) is 4.37 Å². The molecule has 11 heavy (non-hydrogen) atoms. The van der Waals surface area contributed by atoms with Crippen molar-refractivity contribution in [3.63, 3.8) is 0 Å². The standard InChI is InChI=1S/C9H15NS/c1-6(2)8-5-10-11-9(8)7(3)4/h5-7H,1-4H3. The Kier molecular flexibility index (Phi) is 2.66. The lowest BCUT2D eigenvalue weighted by atomic mass is 10.0. The molecule has 0 amide bonds. The van der Waals surface area contributed by atoms with E-state index >= 15 is 0 Å². The maximum Gasteiger partial charge on any atom is 0.0444 e. The molecule has 0 aliphatic carbocycles. The Balaban J connectivity index is 2.96. The van der Waals surface area contributed by atoms with E-state index in [1.807, 2.05) is 6.20 Å². The molecule has 0 aliphatic heterocycles. The maximum atomic E-state index is 4.21. The molecular weight excluding hydrogens is 154 g/mol. The number of hydrogen-bond donors (Lipinski definition) is 0. The number of rotatable bonds is 2. The molecule has 1 nitrogen and oxygen atoms in total. The highest BCUT2D eigenvalue weighted by Crippen LogP contribution is 2.28. The van der Waals surface area contributed by atoms with E-state index in [9.17, 15) is 0 Å². The van der Waals surface area contributed by atoms with Crippen molar-refractivity contribution in [2.45, 2.75) is 39.5 Å². The van der Waals surface area contributed by atoms with Gasteiger partial charge in [-0.3, -0.25) is 0 Å². The Morgan fingerprint density at radius 3 is 2.18 bits per heavy atom. The fourth-order valence-corrected chi connectivity index (χ4v) is 2.01. The Labute approximate surface area is 72.6 Å². The van der Waals surface area contributed by atoms with E-state index < -0.39 is 0 Å². The molecule has 1 heterocycles. The topological polar surface area (TPSA) is 12.9 Å². The second kappa shape index (κ2) is 3.35. The minimum Gasteiger partial charge on any atom is -0.201 e. The van der Waals surface area contributed by atoms with Crippen molar-refractivity contribution in [2.75, 3.05) is 0 Å². The van der Waals surface area contributed by atoms with Crippen molar-refractivity contribution < 1.29 is 0 Å². The fourth-order valence-electron chi connectivity index (χ4n) is 1.13. The zero-order valence-electron chi connectivity index (χ0n) is 7.59. The molecule has 0 aromatic carbocycles. The molecule has 0 saturated carbocycles. The van der Waals surface area contributed by atoms with Crippen LogP contribution in [0.15, 0.2) is 6.20 Å². The minimum absolute atomic E-state index is 0.617. The molecule has 0 spiro atoms. The van der Waals surface area contributed by atoms with Crippen molar-refractivity contribution in [3.05, 3.63) is 16.6 Å². The summed E-state index contributed by atoms with van der Waals surface area (Å²) in [5, 5.41) is 0. The lowest BCUT2D eigenvalue weighted by Crippen LogP contribution is -1.91. The van der Waals surface area contributed by atoms with Gasteiger partial charge in [0.2, 0.25) is 0 Å². The summed E-state index contributed by atoms with van der Waals surface area (Å²) in [4.78, 5) is 1.44. The van der Waals surface area contributed by atoms with E-state index in [-0.39, 0.29) is 0 Å². The van der Waals surface area contributed by atoms with Crippen LogP contribution in [0, 0.1) is 0 Å². The molecule has 1 aromatic heterocycles. The summed E-state index contributed by atoms with van der Waals surface area (Å²) < 4.78 is 4.21. The van der Waals surface area contributed by atoms with E-state index in [4.69, 9.17) is 0 Å². The molecule has 0 atom stereocenters. The Hall–Kier alpha value is -0.370. The SMILES string of the molecule is CC(C)c1cnsc1C(C)C. The molecule has 0 radical (unpaired) electrons. The van der Waals surface area contributed by atoms with Gasteiger partial charge in [0.05, 0.1) is 0 Å². The van der Waals surface area contributed by atoms with Crippen LogP contribution in [0.25, 0.3) is 0 Å². The van der Waals surface area contributed by atoms with Crippen LogP contribution in [0.1, 0.15) is 50.0 Å². The van der Waals surface area contributed by atoms with Crippen molar-refractivity contribution in [3.8, 4) is 0 Å². The van der Waals surface area contributed by atoms with E-state index in [1.165, 1.54) is 10.4 Å². The summed E-state index contributed by atoms with van der Waals surface area (Å²) in [5.41, 5.74) is 1.42. The lowest BCUT2D eigenvalue weighted by Gasteiger charge is -2.07. The Morgan fingerprint density at radius 2 is 1.82 bits per heavy atom. The largest absolute Gasteiger partial charge is 0.201 e. The van der Waals surface area contributed by atoms with Crippen LogP contribution in [-0.2, 0) is 0 Å². The predicted molar refractivity (Wildman–Crippen MR) is 50.3 cm³/mol. The predicted octanol–water partition coefficient (Wildman–Crippen LogP) is 3.39. The van der Waals surface area contributed by atoms with Crippen LogP contribution in [0.4, 0.5) is 0 Å². The molecule has 0 fully saturated rings. The third kappa shape index (κ3) is 1.80. The zero-order chi connectivity index (χ0) is 8.43. The first kappa shape index (κ1) is 8.72. The summed E-state index contributed by atoms with van der Waals surface area (Å²) in [6.07, 6.45) is 2.00. The van der Waals surface area contributed by atoms with E-state index in [1.54, 1.807) is 11.5 Å². The third-order valence-electron chi connectivity index (χ3n) is 1.77. The molecule has 1 aromatic rings. The van der Waals surface area contributed by atoms with E-state index in [0.29, 0.717) is 11.8 Å².